The van der Waals surface area contributed by atoms with Gasteiger partial charge in [0.2, 0.25) is 12.2 Å². The average molecular weight is 750 g/mol. The highest BCUT2D eigenvalue weighted by molar-refractivity contribution is 5.87. The largest absolute Gasteiger partial charge is 0.514 e. The van der Waals surface area contributed by atoms with Crippen LogP contribution in [-0.2, 0) is 54.7 Å². The van der Waals surface area contributed by atoms with Crippen LogP contribution in [0.2, 0.25) is 0 Å². The van der Waals surface area contributed by atoms with Crippen molar-refractivity contribution in [2.75, 3.05) is 13.6 Å². The number of carbonyl (C=O) groups is 5. The third kappa shape index (κ3) is 7.28. The summed E-state index contributed by atoms with van der Waals surface area (Å²) in [5.41, 5.74) is -2.28. The van der Waals surface area contributed by atoms with Crippen LogP contribution in [0.4, 0.5) is 4.79 Å². The number of nitrogens with zero attached hydrogens (tertiary/aromatic N) is 1. The summed E-state index contributed by atoms with van der Waals surface area (Å²) < 4.78 is 39.8. The molecule has 2 heterocycles. The summed E-state index contributed by atoms with van der Waals surface area (Å²) in [6, 6.07) is 11.3. The number of hydrogen-bond acceptors (Lipinski definition) is 14. The molecule has 1 spiro atoms. The fraction of sp³-hybridized carbons (Fsp3) is 0.525. The number of likely N-dealkylation sites (N-methyl/N-ethyl adjacent to an activating group) is 1. The number of carbonyl (C=O) groups excluding carboxylic acids is 5. The lowest BCUT2D eigenvalue weighted by atomic mass is 9.50. The molecule has 2 aliphatic heterocycles. The van der Waals surface area contributed by atoms with E-state index >= 15 is 0 Å². The Labute approximate surface area is 313 Å². The van der Waals surface area contributed by atoms with Gasteiger partial charge < -0.3 is 43.2 Å². The quantitative estimate of drug-likeness (QED) is 0.211. The maximum absolute atomic E-state index is 13.7. The minimum atomic E-state index is -1.78. The number of rotatable bonds is 9. The van der Waals surface area contributed by atoms with Crippen LogP contribution in [0.25, 0.3) is 0 Å². The van der Waals surface area contributed by atoms with Crippen LogP contribution in [0.3, 0.4) is 0 Å². The van der Waals surface area contributed by atoms with Gasteiger partial charge in [-0.15, -0.1) is 0 Å². The zero-order valence-electron chi connectivity index (χ0n) is 31.8. The van der Waals surface area contributed by atoms with Crippen LogP contribution in [0.1, 0.15) is 90.5 Å². The molecule has 0 aromatic heterocycles. The van der Waals surface area contributed by atoms with Crippen molar-refractivity contribution < 1.29 is 62.2 Å². The van der Waals surface area contributed by atoms with Gasteiger partial charge in [0.1, 0.15) is 17.0 Å². The molecule has 0 saturated carbocycles. The lowest BCUT2D eigenvalue weighted by Crippen LogP contribution is -2.74. The van der Waals surface area contributed by atoms with E-state index < -0.39 is 77.0 Å². The second-order valence-electron chi connectivity index (χ2n) is 16.2. The number of likely N-dealkylation sites (tertiary alicyclic amines) is 1. The van der Waals surface area contributed by atoms with Crippen molar-refractivity contribution in [3.05, 3.63) is 71.0 Å². The van der Waals surface area contributed by atoms with Crippen molar-refractivity contribution >= 4 is 30.0 Å². The average Bonchev–Trinajstić information content (AvgIpc) is 3.42. The lowest BCUT2D eigenvalue weighted by molar-refractivity contribution is -0.185. The third-order valence-corrected chi connectivity index (χ3v) is 10.0. The molecule has 54 heavy (non-hydrogen) atoms. The van der Waals surface area contributed by atoms with Gasteiger partial charge in [0.15, 0.2) is 17.6 Å². The second kappa shape index (κ2) is 14.0. The molecule has 14 heteroatoms. The van der Waals surface area contributed by atoms with E-state index in [9.17, 15) is 29.1 Å². The minimum absolute atomic E-state index is 0.0751. The molecule has 1 saturated heterocycles. The molecule has 2 aromatic rings. The summed E-state index contributed by atoms with van der Waals surface area (Å²) in [7, 11) is 1.95. The van der Waals surface area contributed by atoms with Crippen molar-refractivity contribution in [1.29, 1.82) is 0 Å². The Kier molecular flexibility index (Phi) is 10.1. The Morgan fingerprint density at radius 3 is 2.26 bits per heavy atom. The van der Waals surface area contributed by atoms with E-state index in [4.69, 9.17) is 33.2 Å². The smallest absolute Gasteiger partial charge is 0.477 e. The molecule has 2 aromatic carbocycles. The topological polar surface area (TPSA) is 173 Å². The third-order valence-electron chi connectivity index (χ3n) is 10.0. The summed E-state index contributed by atoms with van der Waals surface area (Å²) in [5.74, 6) is -3.47. The predicted molar refractivity (Wildman–Crippen MR) is 189 cm³/mol. The van der Waals surface area contributed by atoms with Gasteiger partial charge in [-0.1, -0.05) is 36.4 Å². The molecule has 4 aliphatic rings. The fourth-order valence-corrected chi connectivity index (χ4v) is 7.99. The Morgan fingerprint density at radius 2 is 1.61 bits per heavy atom. The number of esters is 4. The van der Waals surface area contributed by atoms with E-state index in [0.717, 1.165) is 12.5 Å². The van der Waals surface area contributed by atoms with E-state index in [1.165, 1.54) is 0 Å². The Morgan fingerprint density at radius 1 is 0.926 bits per heavy atom. The molecule has 6 atom stereocenters. The summed E-state index contributed by atoms with van der Waals surface area (Å²) in [6.45, 7) is 11.8. The first-order valence-corrected chi connectivity index (χ1v) is 17.9. The van der Waals surface area contributed by atoms with Crippen molar-refractivity contribution in [1.82, 2.24) is 4.90 Å². The fourth-order valence-electron chi connectivity index (χ4n) is 7.99. The number of hydrogen-bond donors (Lipinski definition) is 1. The van der Waals surface area contributed by atoms with Gasteiger partial charge in [0, 0.05) is 30.5 Å². The molecule has 0 unspecified atom stereocenters. The number of ether oxygens (including phenoxy) is 7. The Hall–Kier alpha value is -4.95. The lowest BCUT2D eigenvalue weighted by Gasteiger charge is -2.61. The highest BCUT2D eigenvalue weighted by Gasteiger charge is 2.72. The molecular formula is C40H47NO13. The molecule has 0 amide bonds. The molecule has 2 bridgehead atoms. The maximum Gasteiger partial charge on any atom is 0.514 e. The van der Waals surface area contributed by atoms with Gasteiger partial charge in [0.25, 0.3) is 0 Å². The molecule has 1 N–H and O–H groups in total. The zero-order valence-corrected chi connectivity index (χ0v) is 31.8. The first-order valence-electron chi connectivity index (χ1n) is 17.9. The standard InChI is InChI=1S/C40H47NO13/c1-22(42)48-27(34(44)52-31(23-12-10-9-11-13-23)35(45)53-37(2,3)4)21-29(43)49-26-16-17-40(47)28-20-24-14-15-25(50-36(46)54-38(5,6)7)32-30(24)39(40,33(26)51-32)18-19-41(28)8/h9-16,27-28,31,33,47H,17-21H2,1-8H3/t27-,28-,31-,33-,39-,40+/m0/s1. The Bertz CT molecular complexity index is 1880. The van der Waals surface area contributed by atoms with E-state index in [0.29, 0.717) is 30.5 Å². The van der Waals surface area contributed by atoms with Gasteiger partial charge in [0.05, 0.1) is 17.4 Å². The number of aliphatic hydroxyl groups is 1. The first-order chi connectivity index (χ1) is 25.2. The molecule has 2 aliphatic carbocycles. The normalized spacial score (nSPS) is 25.1. The van der Waals surface area contributed by atoms with Crippen molar-refractivity contribution in [2.24, 2.45) is 0 Å². The number of piperidine rings is 1. The number of benzene rings is 2. The summed E-state index contributed by atoms with van der Waals surface area (Å²) >= 11 is 0. The minimum Gasteiger partial charge on any atom is -0.477 e. The van der Waals surface area contributed by atoms with Gasteiger partial charge >= 0.3 is 30.0 Å². The first kappa shape index (κ1) is 38.8. The molecule has 0 radical (unpaired) electrons. The highest BCUT2D eigenvalue weighted by atomic mass is 16.7. The van der Waals surface area contributed by atoms with Gasteiger partial charge in [-0.2, -0.15) is 0 Å². The van der Waals surface area contributed by atoms with Crippen LogP contribution in [0, 0.1) is 0 Å². The van der Waals surface area contributed by atoms with Gasteiger partial charge in [-0.25, -0.2) is 14.4 Å². The van der Waals surface area contributed by atoms with Crippen LogP contribution in [0.5, 0.6) is 11.5 Å². The monoisotopic (exact) mass is 749 g/mol. The maximum atomic E-state index is 13.7. The van der Waals surface area contributed by atoms with Crippen molar-refractivity contribution in [3.63, 3.8) is 0 Å². The molecule has 14 nitrogen and oxygen atoms in total. The highest BCUT2D eigenvalue weighted by Crippen LogP contribution is 2.65. The second-order valence-corrected chi connectivity index (χ2v) is 16.2. The van der Waals surface area contributed by atoms with E-state index in [1.54, 1.807) is 84.0 Å². The summed E-state index contributed by atoms with van der Waals surface area (Å²) in [4.78, 5) is 67.5. The van der Waals surface area contributed by atoms with E-state index in [-0.39, 0.29) is 29.7 Å². The SMILES string of the molecule is CC(=O)O[C@@H](CC(=O)OC1=CC[C@@]2(O)[C@@H]3Cc4ccc(OC(=O)OC(C)(C)C)c5c4[C@@]2(CCN3C)[C@H]1O5)C(=O)O[C@H](C(=O)OC(C)(C)C)c1ccccc1. The van der Waals surface area contributed by atoms with E-state index in [2.05, 4.69) is 4.90 Å². The summed E-state index contributed by atoms with van der Waals surface area (Å²) in [6.07, 6.45) is -3.43. The van der Waals surface area contributed by atoms with Crippen molar-refractivity contribution in [3.8, 4) is 11.5 Å². The zero-order chi connectivity index (χ0) is 39.4. The molecular weight excluding hydrogens is 702 g/mol. The van der Waals surface area contributed by atoms with Crippen LogP contribution >= 0.6 is 0 Å². The van der Waals surface area contributed by atoms with Gasteiger partial charge in [-0.3, -0.25) is 9.59 Å². The van der Waals surface area contributed by atoms with Crippen LogP contribution in [-0.4, -0.2) is 88.7 Å². The molecule has 6 rings (SSSR count). The Balaban J connectivity index is 1.27. The van der Waals surface area contributed by atoms with Gasteiger partial charge in [-0.05, 0) is 85.7 Å². The summed E-state index contributed by atoms with van der Waals surface area (Å²) in [5, 5.41) is 12.6. The van der Waals surface area contributed by atoms with E-state index in [1.807, 2.05) is 13.1 Å². The van der Waals surface area contributed by atoms with Crippen molar-refractivity contribution in [2.45, 2.75) is 121 Å². The molecule has 290 valence electrons. The molecule has 1 fully saturated rings. The predicted octanol–water partition coefficient (Wildman–Crippen LogP) is 4.77. The van der Waals surface area contributed by atoms with Crippen LogP contribution < -0.4 is 9.47 Å². The van der Waals surface area contributed by atoms with Crippen LogP contribution in [0.15, 0.2) is 54.3 Å².